The Balaban J connectivity index is 3.13. The molecule has 1 aromatic heterocycles. The van der Waals surface area contributed by atoms with Crippen LogP contribution in [0.25, 0.3) is 0 Å². The highest BCUT2D eigenvalue weighted by Gasteiger charge is 2.35. The lowest BCUT2D eigenvalue weighted by Gasteiger charge is -2.14. The second-order valence-corrected chi connectivity index (χ2v) is 3.56. The van der Waals surface area contributed by atoms with E-state index in [2.05, 4.69) is 9.84 Å². The van der Waals surface area contributed by atoms with Gasteiger partial charge in [-0.3, -0.25) is 4.68 Å². The van der Waals surface area contributed by atoms with Crippen LogP contribution in [0.2, 0.25) is 0 Å². The van der Waals surface area contributed by atoms with Crippen LogP contribution in [0.3, 0.4) is 0 Å². The van der Waals surface area contributed by atoms with Crippen LogP contribution >= 0.6 is 0 Å². The smallest absolute Gasteiger partial charge is 0.435 e. The van der Waals surface area contributed by atoms with Gasteiger partial charge >= 0.3 is 12.1 Å². The first-order valence-corrected chi connectivity index (χ1v) is 5.02. The van der Waals surface area contributed by atoms with E-state index in [0.29, 0.717) is 6.42 Å². The number of alkyl halides is 3. The predicted molar refractivity (Wildman–Crippen MR) is 53.3 cm³/mol. The number of carbonyl (C=O) groups is 1. The van der Waals surface area contributed by atoms with E-state index in [9.17, 15) is 18.0 Å². The Morgan fingerprint density at radius 1 is 1.59 bits per heavy atom. The molecule has 1 unspecified atom stereocenters. The third-order valence-electron chi connectivity index (χ3n) is 2.37. The van der Waals surface area contributed by atoms with Gasteiger partial charge in [-0.15, -0.1) is 0 Å². The third kappa shape index (κ3) is 2.78. The van der Waals surface area contributed by atoms with Gasteiger partial charge in [-0.05, 0) is 19.4 Å². The minimum atomic E-state index is -4.51. The van der Waals surface area contributed by atoms with Gasteiger partial charge in [-0.2, -0.15) is 18.3 Å². The molecule has 0 aliphatic heterocycles. The molecule has 1 atom stereocenters. The zero-order valence-corrected chi connectivity index (χ0v) is 9.71. The van der Waals surface area contributed by atoms with Gasteiger partial charge in [0.2, 0.25) is 0 Å². The average molecular weight is 250 g/mol. The van der Waals surface area contributed by atoms with Gasteiger partial charge < -0.3 is 4.74 Å². The van der Waals surface area contributed by atoms with E-state index in [1.165, 1.54) is 14.0 Å². The first-order valence-electron chi connectivity index (χ1n) is 5.02. The summed E-state index contributed by atoms with van der Waals surface area (Å²) in [5.41, 5.74) is -0.730. The van der Waals surface area contributed by atoms with Gasteiger partial charge in [0, 0.05) is 5.69 Å². The van der Waals surface area contributed by atoms with Crippen LogP contribution in [0, 0.1) is 6.92 Å². The Morgan fingerprint density at radius 2 is 2.18 bits per heavy atom. The van der Waals surface area contributed by atoms with E-state index in [0.717, 1.165) is 10.7 Å². The predicted octanol–water partition coefficient (Wildman–Crippen LogP) is 2.33. The summed E-state index contributed by atoms with van der Waals surface area (Å²) in [5.74, 6) is -0.604. The fourth-order valence-electron chi connectivity index (χ4n) is 1.52. The topological polar surface area (TPSA) is 44.1 Å². The molecule has 7 heteroatoms. The molecular formula is C10H13F3N2O2. The minimum absolute atomic E-state index is 0.273. The number of hydrogen-bond acceptors (Lipinski definition) is 3. The Hall–Kier alpha value is -1.53. The van der Waals surface area contributed by atoms with Gasteiger partial charge in [-0.1, -0.05) is 6.92 Å². The molecule has 1 aromatic rings. The fourth-order valence-corrected chi connectivity index (χ4v) is 1.52. The SMILES string of the molecule is CCC(C(=O)OC)n1nc(C(F)(F)F)cc1C. The second kappa shape index (κ2) is 4.77. The van der Waals surface area contributed by atoms with Crippen LogP contribution in [-0.4, -0.2) is 22.9 Å². The average Bonchev–Trinajstić information content (AvgIpc) is 2.61. The fraction of sp³-hybridized carbons (Fsp3) is 0.600. The largest absolute Gasteiger partial charge is 0.467 e. The maximum Gasteiger partial charge on any atom is 0.435 e. The molecule has 4 nitrogen and oxygen atoms in total. The molecule has 0 bridgehead atoms. The summed E-state index contributed by atoms with van der Waals surface area (Å²) >= 11 is 0. The molecule has 96 valence electrons. The van der Waals surface area contributed by atoms with E-state index >= 15 is 0 Å². The Bertz CT molecular complexity index is 412. The Morgan fingerprint density at radius 3 is 2.53 bits per heavy atom. The molecule has 0 radical (unpaired) electrons. The van der Waals surface area contributed by atoms with E-state index in [1.54, 1.807) is 6.92 Å². The molecule has 0 fully saturated rings. The molecule has 0 saturated heterocycles. The highest BCUT2D eigenvalue weighted by molar-refractivity contribution is 5.74. The lowest BCUT2D eigenvalue weighted by molar-refractivity contribution is -0.147. The van der Waals surface area contributed by atoms with Crippen molar-refractivity contribution >= 4 is 5.97 Å². The lowest BCUT2D eigenvalue weighted by Crippen LogP contribution is -2.22. The normalized spacial score (nSPS) is 13.5. The van der Waals surface area contributed by atoms with Crippen molar-refractivity contribution in [3.05, 3.63) is 17.5 Å². The summed E-state index contributed by atoms with van der Waals surface area (Å²) in [6.07, 6.45) is -4.20. The first-order chi connectivity index (χ1) is 7.81. The van der Waals surface area contributed by atoms with Crippen LogP contribution in [0.1, 0.15) is 30.8 Å². The number of ether oxygens (including phenoxy) is 1. The first kappa shape index (κ1) is 13.5. The molecule has 0 aliphatic rings. The van der Waals surface area contributed by atoms with E-state index in [4.69, 9.17) is 0 Å². The quantitative estimate of drug-likeness (QED) is 0.773. The maximum absolute atomic E-state index is 12.4. The highest BCUT2D eigenvalue weighted by atomic mass is 19.4. The zero-order chi connectivity index (χ0) is 13.2. The minimum Gasteiger partial charge on any atom is -0.467 e. The van der Waals surface area contributed by atoms with E-state index in [1.807, 2.05) is 0 Å². The van der Waals surface area contributed by atoms with E-state index < -0.39 is 23.9 Å². The standard InChI is InChI=1S/C10H13F3N2O2/c1-4-7(9(16)17-3)15-6(2)5-8(14-15)10(11,12)13/h5,7H,4H2,1-3H3. The van der Waals surface area contributed by atoms with Gasteiger partial charge in [0.1, 0.15) is 6.04 Å². The molecule has 1 heterocycles. The van der Waals surface area contributed by atoms with Crippen LogP contribution in [-0.2, 0) is 15.7 Å². The number of methoxy groups -OCH3 is 1. The van der Waals surface area contributed by atoms with Crippen LogP contribution in [0.15, 0.2) is 6.07 Å². The molecule has 0 aromatic carbocycles. The molecule has 0 saturated carbocycles. The van der Waals surface area contributed by atoms with Gasteiger partial charge in [0.05, 0.1) is 7.11 Å². The van der Waals surface area contributed by atoms with Crippen molar-refractivity contribution in [1.29, 1.82) is 0 Å². The highest BCUT2D eigenvalue weighted by Crippen LogP contribution is 2.29. The molecular weight excluding hydrogens is 237 g/mol. The third-order valence-corrected chi connectivity index (χ3v) is 2.37. The number of esters is 1. The molecule has 0 aliphatic carbocycles. The van der Waals surface area contributed by atoms with Crippen molar-refractivity contribution in [1.82, 2.24) is 9.78 Å². The van der Waals surface area contributed by atoms with Crippen LogP contribution in [0.5, 0.6) is 0 Å². The second-order valence-electron chi connectivity index (χ2n) is 3.56. The zero-order valence-electron chi connectivity index (χ0n) is 9.71. The van der Waals surface area contributed by atoms with Crippen LogP contribution < -0.4 is 0 Å². The molecule has 1 rings (SSSR count). The number of nitrogens with zero attached hydrogens (tertiary/aromatic N) is 2. The Kier molecular flexibility index (Phi) is 3.79. The molecule has 0 N–H and O–H groups in total. The summed E-state index contributed by atoms with van der Waals surface area (Å²) in [6.45, 7) is 3.14. The summed E-state index contributed by atoms with van der Waals surface area (Å²) in [6, 6.07) is 0.0853. The van der Waals surface area contributed by atoms with E-state index in [-0.39, 0.29) is 5.69 Å². The van der Waals surface area contributed by atoms with Crippen molar-refractivity contribution in [3.63, 3.8) is 0 Å². The van der Waals surface area contributed by atoms with Gasteiger partial charge in [-0.25, -0.2) is 4.79 Å². The molecule has 0 spiro atoms. The number of hydrogen-bond donors (Lipinski definition) is 0. The molecule has 0 amide bonds. The molecule has 17 heavy (non-hydrogen) atoms. The van der Waals surface area contributed by atoms with Gasteiger partial charge in [0.15, 0.2) is 5.69 Å². The van der Waals surface area contributed by atoms with Crippen molar-refractivity contribution in [2.75, 3.05) is 7.11 Å². The monoisotopic (exact) mass is 250 g/mol. The van der Waals surface area contributed by atoms with Crippen molar-refractivity contribution in [2.24, 2.45) is 0 Å². The van der Waals surface area contributed by atoms with Crippen molar-refractivity contribution in [3.8, 4) is 0 Å². The lowest BCUT2D eigenvalue weighted by atomic mass is 10.2. The maximum atomic E-state index is 12.4. The summed E-state index contributed by atoms with van der Waals surface area (Å²) in [4.78, 5) is 11.4. The van der Waals surface area contributed by atoms with Gasteiger partial charge in [0.25, 0.3) is 0 Å². The number of carbonyl (C=O) groups excluding carboxylic acids is 1. The summed E-state index contributed by atoms with van der Waals surface area (Å²) < 4.78 is 42.9. The number of aryl methyl sites for hydroxylation is 1. The van der Waals surface area contributed by atoms with Crippen molar-refractivity contribution < 1.29 is 22.7 Å². The number of halogens is 3. The number of rotatable bonds is 3. The number of aromatic nitrogens is 2. The summed E-state index contributed by atoms with van der Waals surface area (Å²) in [7, 11) is 1.19. The van der Waals surface area contributed by atoms with Crippen LogP contribution in [0.4, 0.5) is 13.2 Å². The summed E-state index contributed by atoms with van der Waals surface area (Å²) in [5, 5.41) is 3.41. The Labute approximate surface area is 96.4 Å². The van der Waals surface area contributed by atoms with Crippen molar-refractivity contribution in [2.45, 2.75) is 32.5 Å².